The fourth-order valence-corrected chi connectivity index (χ4v) is 1.86. The van der Waals surface area contributed by atoms with Crippen molar-refractivity contribution in [3.8, 4) is 6.07 Å². The molecule has 0 saturated heterocycles. The molecule has 1 aromatic rings. The van der Waals surface area contributed by atoms with Crippen molar-refractivity contribution < 1.29 is 0 Å². The van der Waals surface area contributed by atoms with E-state index in [1.165, 1.54) is 12.8 Å². The summed E-state index contributed by atoms with van der Waals surface area (Å²) in [6.07, 6.45) is 4.21. The number of anilines is 1. The van der Waals surface area contributed by atoms with Crippen LogP contribution in [0.25, 0.3) is 0 Å². The number of pyridine rings is 1. The van der Waals surface area contributed by atoms with Crippen LogP contribution >= 0.6 is 11.6 Å². The zero-order valence-corrected chi connectivity index (χ0v) is 9.33. The minimum atomic E-state index is 0.461. The van der Waals surface area contributed by atoms with E-state index < -0.39 is 0 Å². The Hall–Kier alpha value is -1.27. The molecule has 1 fully saturated rings. The lowest BCUT2D eigenvalue weighted by Crippen LogP contribution is -2.21. The van der Waals surface area contributed by atoms with Gasteiger partial charge in [-0.2, -0.15) is 5.26 Å². The van der Waals surface area contributed by atoms with Gasteiger partial charge in [0, 0.05) is 19.8 Å². The minimum absolute atomic E-state index is 0.461. The summed E-state index contributed by atoms with van der Waals surface area (Å²) in [5.41, 5.74) is 0.490. The fraction of sp³-hybridized carbons (Fsp3) is 0.455. The SMILES string of the molecule is CN(CC1CC1)c1nccc(C#N)c1Cl. The van der Waals surface area contributed by atoms with Crippen LogP contribution in [-0.4, -0.2) is 18.6 Å². The van der Waals surface area contributed by atoms with Gasteiger partial charge in [0.1, 0.15) is 16.9 Å². The largest absolute Gasteiger partial charge is 0.358 e. The van der Waals surface area contributed by atoms with E-state index in [1.807, 2.05) is 11.9 Å². The Balaban J connectivity index is 2.22. The van der Waals surface area contributed by atoms with Crippen LogP contribution < -0.4 is 4.90 Å². The topological polar surface area (TPSA) is 39.9 Å². The van der Waals surface area contributed by atoms with Gasteiger partial charge in [-0.05, 0) is 24.8 Å². The Morgan fingerprint density at radius 3 is 3.00 bits per heavy atom. The predicted molar refractivity (Wildman–Crippen MR) is 60.0 cm³/mol. The van der Waals surface area contributed by atoms with Crippen molar-refractivity contribution in [3.05, 3.63) is 22.8 Å². The average molecular weight is 222 g/mol. The van der Waals surface area contributed by atoms with Gasteiger partial charge in [0.05, 0.1) is 5.56 Å². The van der Waals surface area contributed by atoms with Crippen LogP contribution in [0.2, 0.25) is 5.02 Å². The summed E-state index contributed by atoms with van der Waals surface area (Å²) in [6, 6.07) is 3.70. The van der Waals surface area contributed by atoms with Crippen molar-refractivity contribution in [1.82, 2.24) is 4.98 Å². The molecule has 0 aliphatic heterocycles. The molecule has 1 aromatic heterocycles. The number of nitrogens with zero attached hydrogens (tertiary/aromatic N) is 3. The third-order valence-corrected chi connectivity index (χ3v) is 2.95. The standard InChI is InChI=1S/C11H12ClN3/c1-15(7-8-2-3-8)11-10(12)9(6-13)4-5-14-11/h4-5,8H,2-3,7H2,1H3. The zero-order chi connectivity index (χ0) is 10.8. The Bertz CT molecular complexity index is 407. The summed E-state index contributed by atoms with van der Waals surface area (Å²) in [5, 5.41) is 9.30. The number of nitriles is 1. The van der Waals surface area contributed by atoms with Gasteiger partial charge < -0.3 is 4.90 Å². The number of hydrogen-bond acceptors (Lipinski definition) is 3. The van der Waals surface area contributed by atoms with E-state index in [2.05, 4.69) is 11.1 Å². The molecular formula is C11H12ClN3. The summed E-state index contributed by atoms with van der Waals surface area (Å²) in [4.78, 5) is 6.24. The molecule has 0 unspecified atom stereocenters. The lowest BCUT2D eigenvalue weighted by Gasteiger charge is -2.19. The fourth-order valence-electron chi connectivity index (χ4n) is 1.56. The summed E-state index contributed by atoms with van der Waals surface area (Å²) in [7, 11) is 1.97. The first-order valence-electron chi connectivity index (χ1n) is 4.98. The number of aromatic nitrogens is 1. The second kappa shape index (κ2) is 4.08. The van der Waals surface area contributed by atoms with E-state index >= 15 is 0 Å². The van der Waals surface area contributed by atoms with Gasteiger partial charge in [0.2, 0.25) is 0 Å². The molecule has 78 valence electrons. The molecule has 15 heavy (non-hydrogen) atoms. The van der Waals surface area contributed by atoms with Gasteiger partial charge in [-0.3, -0.25) is 0 Å². The summed E-state index contributed by atoms with van der Waals surface area (Å²) >= 11 is 6.08. The van der Waals surface area contributed by atoms with Gasteiger partial charge in [0.15, 0.2) is 0 Å². The van der Waals surface area contributed by atoms with Crippen molar-refractivity contribution >= 4 is 17.4 Å². The van der Waals surface area contributed by atoms with Crippen molar-refractivity contribution in [2.45, 2.75) is 12.8 Å². The van der Waals surface area contributed by atoms with E-state index in [0.717, 1.165) is 12.5 Å². The second-order valence-corrected chi connectivity index (χ2v) is 4.31. The molecule has 1 aliphatic rings. The van der Waals surface area contributed by atoms with E-state index in [0.29, 0.717) is 16.4 Å². The highest BCUT2D eigenvalue weighted by atomic mass is 35.5. The third kappa shape index (κ3) is 2.21. The normalized spacial score (nSPS) is 14.7. The maximum Gasteiger partial charge on any atom is 0.148 e. The maximum atomic E-state index is 8.84. The highest BCUT2D eigenvalue weighted by Crippen LogP contribution is 2.32. The van der Waals surface area contributed by atoms with Gasteiger partial charge >= 0.3 is 0 Å². The zero-order valence-electron chi connectivity index (χ0n) is 8.57. The van der Waals surface area contributed by atoms with E-state index in [-0.39, 0.29) is 0 Å². The minimum Gasteiger partial charge on any atom is -0.358 e. The monoisotopic (exact) mass is 221 g/mol. The molecular weight excluding hydrogens is 210 g/mol. The third-order valence-electron chi connectivity index (χ3n) is 2.58. The molecule has 1 saturated carbocycles. The summed E-state index contributed by atoms with van der Waals surface area (Å²) in [6.45, 7) is 0.974. The molecule has 0 atom stereocenters. The molecule has 0 aromatic carbocycles. The molecule has 3 nitrogen and oxygen atoms in total. The van der Waals surface area contributed by atoms with E-state index in [4.69, 9.17) is 16.9 Å². The Morgan fingerprint density at radius 2 is 2.40 bits per heavy atom. The van der Waals surface area contributed by atoms with Crippen LogP contribution in [0.3, 0.4) is 0 Å². The molecule has 1 heterocycles. The highest BCUT2D eigenvalue weighted by molar-refractivity contribution is 6.34. The summed E-state index contributed by atoms with van der Waals surface area (Å²) < 4.78 is 0. The molecule has 0 bridgehead atoms. The molecule has 2 rings (SSSR count). The molecule has 0 spiro atoms. The molecule has 0 radical (unpaired) electrons. The molecule has 0 amide bonds. The van der Waals surface area contributed by atoms with Gasteiger partial charge in [-0.1, -0.05) is 11.6 Å². The van der Waals surface area contributed by atoms with Crippen LogP contribution in [0.15, 0.2) is 12.3 Å². The number of hydrogen-bond donors (Lipinski definition) is 0. The molecule has 1 aliphatic carbocycles. The molecule has 0 N–H and O–H groups in total. The summed E-state index contributed by atoms with van der Waals surface area (Å²) in [5.74, 6) is 1.49. The van der Waals surface area contributed by atoms with E-state index in [9.17, 15) is 0 Å². The second-order valence-electron chi connectivity index (χ2n) is 3.93. The first-order valence-corrected chi connectivity index (χ1v) is 5.36. The first kappa shape index (κ1) is 10.3. The van der Waals surface area contributed by atoms with Crippen LogP contribution in [0, 0.1) is 17.2 Å². The maximum absolute atomic E-state index is 8.84. The van der Waals surface area contributed by atoms with Crippen LogP contribution in [0.5, 0.6) is 0 Å². The van der Waals surface area contributed by atoms with Gasteiger partial charge in [-0.25, -0.2) is 4.98 Å². The van der Waals surface area contributed by atoms with Crippen molar-refractivity contribution in [3.63, 3.8) is 0 Å². The van der Waals surface area contributed by atoms with Crippen molar-refractivity contribution in [2.75, 3.05) is 18.5 Å². The quantitative estimate of drug-likeness (QED) is 0.787. The lowest BCUT2D eigenvalue weighted by molar-refractivity contribution is 0.777. The first-order chi connectivity index (χ1) is 7.22. The number of halogens is 1. The van der Waals surface area contributed by atoms with Gasteiger partial charge in [-0.15, -0.1) is 0 Å². The highest BCUT2D eigenvalue weighted by Gasteiger charge is 2.24. The Morgan fingerprint density at radius 1 is 1.67 bits per heavy atom. The van der Waals surface area contributed by atoms with Crippen molar-refractivity contribution in [2.24, 2.45) is 5.92 Å². The van der Waals surface area contributed by atoms with Crippen LogP contribution in [-0.2, 0) is 0 Å². The average Bonchev–Trinajstić information content (AvgIpc) is 3.02. The van der Waals surface area contributed by atoms with E-state index in [1.54, 1.807) is 12.3 Å². The Labute approximate surface area is 94.3 Å². The van der Waals surface area contributed by atoms with Crippen LogP contribution in [0.4, 0.5) is 5.82 Å². The van der Waals surface area contributed by atoms with Gasteiger partial charge in [0.25, 0.3) is 0 Å². The predicted octanol–water partition coefficient (Wildman–Crippen LogP) is 2.45. The lowest BCUT2D eigenvalue weighted by atomic mass is 10.2. The number of rotatable bonds is 3. The van der Waals surface area contributed by atoms with Crippen molar-refractivity contribution in [1.29, 1.82) is 5.26 Å². The smallest absolute Gasteiger partial charge is 0.148 e. The molecule has 4 heteroatoms. The Kier molecular flexibility index (Phi) is 2.79. The van der Waals surface area contributed by atoms with Crippen LogP contribution in [0.1, 0.15) is 18.4 Å².